The third-order valence-electron chi connectivity index (χ3n) is 7.62. The Morgan fingerprint density at radius 1 is 0.805 bits per heavy atom. The Hall–Kier alpha value is -4.32. The van der Waals surface area contributed by atoms with Crippen molar-refractivity contribution in [1.29, 1.82) is 0 Å². The molecule has 3 aromatic carbocycles. The molecule has 0 bridgehead atoms. The van der Waals surface area contributed by atoms with E-state index >= 15 is 0 Å². The highest BCUT2D eigenvalue weighted by Crippen LogP contribution is 2.36. The maximum atomic E-state index is 14.5. The van der Waals surface area contributed by atoms with E-state index < -0.39 is 64.1 Å². The van der Waals surface area contributed by atoms with Crippen LogP contribution in [0, 0.1) is 29.1 Å². The minimum absolute atomic E-state index is 0.00128. The molecule has 0 unspecified atom stereocenters. The van der Waals surface area contributed by atoms with E-state index in [2.05, 4.69) is 5.32 Å². The first-order chi connectivity index (χ1) is 19.6. The number of halogens is 5. The van der Waals surface area contributed by atoms with Crippen LogP contribution in [0.4, 0.5) is 27.6 Å². The highest BCUT2D eigenvalue weighted by atomic mass is 19.1. The number of carbonyl (C=O) groups is 3. The molecule has 2 aliphatic heterocycles. The smallest absolute Gasteiger partial charge is 0.266 e. The topological polar surface area (TPSA) is 73.0 Å². The van der Waals surface area contributed by atoms with Crippen molar-refractivity contribution >= 4 is 23.4 Å². The Kier molecular flexibility index (Phi) is 7.76. The lowest BCUT2D eigenvalue weighted by molar-refractivity contribution is -0.125. The van der Waals surface area contributed by atoms with Gasteiger partial charge in [0.15, 0.2) is 0 Å². The molecule has 0 atom stereocenters. The molecule has 5 rings (SSSR count). The van der Waals surface area contributed by atoms with E-state index in [1.165, 1.54) is 12.1 Å². The number of amides is 3. The van der Waals surface area contributed by atoms with Crippen LogP contribution >= 0.6 is 0 Å². The van der Waals surface area contributed by atoms with Gasteiger partial charge in [-0.1, -0.05) is 18.2 Å². The van der Waals surface area contributed by atoms with Crippen molar-refractivity contribution in [3.8, 4) is 0 Å². The number of piperidine rings is 1. The molecule has 1 spiro atoms. The summed E-state index contributed by atoms with van der Waals surface area (Å²) in [6.45, 7) is 0.393. The summed E-state index contributed by atoms with van der Waals surface area (Å²) in [5.41, 5.74) is -2.45. The van der Waals surface area contributed by atoms with Crippen LogP contribution in [0.3, 0.4) is 0 Å². The van der Waals surface area contributed by atoms with E-state index in [0.29, 0.717) is 36.5 Å². The van der Waals surface area contributed by atoms with Crippen molar-refractivity contribution in [1.82, 2.24) is 15.1 Å². The van der Waals surface area contributed by atoms with Gasteiger partial charge in [0.05, 0.1) is 6.67 Å². The monoisotopic (exact) mass is 572 g/mol. The summed E-state index contributed by atoms with van der Waals surface area (Å²) in [6.07, 6.45) is 0.641. The number of likely N-dealkylation sites (tertiary alicyclic amines) is 1. The Morgan fingerprint density at radius 3 is 1.83 bits per heavy atom. The lowest BCUT2D eigenvalue weighted by Gasteiger charge is -2.43. The Balaban J connectivity index is 1.36. The first-order valence-electron chi connectivity index (χ1n) is 12.9. The van der Waals surface area contributed by atoms with E-state index in [0.717, 1.165) is 36.4 Å². The summed E-state index contributed by atoms with van der Waals surface area (Å²) < 4.78 is 71.8. The highest BCUT2D eigenvalue weighted by Gasteiger charge is 2.50. The predicted octanol–water partition coefficient (Wildman–Crippen LogP) is 4.09. The Bertz CT molecular complexity index is 1410. The van der Waals surface area contributed by atoms with Gasteiger partial charge in [-0.25, -0.2) is 22.0 Å². The molecule has 0 radical (unpaired) electrons. The van der Waals surface area contributed by atoms with Crippen LogP contribution in [0.2, 0.25) is 0 Å². The van der Waals surface area contributed by atoms with Crippen molar-refractivity contribution in [3.63, 3.8) is 0 Å². The standard InChI is InChI=1S/C29H25F5N4O3/c30-18-4-1-5-19(16-18)38-17-35-28(41)29(38)10-12-36(13-11-29)14-15-37(26(39)24-20(31)6-2-7-21(24)32)27(40)25-22(33)8-3-9-23(25)34/h1-9,16H,10-15,17H2,(H,35,41). The van der Waals surface area contributed by atoms with E-state index in [1.807, 2.05) is 4.90 Å². The summed E-state index contributed by atoms with van der Waals surface area (Å²) >= 11 is 0. The van der Waals surface area contributed by atoms with E-state index in [1.54, 1.807) is 17.0 Å². The number of benzene rings is 3. The fourth-order valence-corrected chi connectivity index (χ4v) is 5.43. The van der Waals surface area contributed by atoms with Gasteiger partial charge in [0.1, 0.15) is 45.8 Å². The maximum absolute atomic E-state index is 14.5. The van der Waals surface area contributed by atoms with Crippen LogP contribution in [0.5, 0.6) is 0 Å². The van der Waals surface area contributed by atoms with Gasteiger partial charge in [0, 0.05) is 31.9 Å². The fourth-order valence-electron chi connectivity index (χ4n) is 5.43. The van der Waals surface area contributed by atoms with Crippen LogP contribution in [0.15, 0.2) is 60.7 Å². The normalized spacial score (nSPS) is 16.6. The zero-order valence-electron chi connectivity index (χ0n) is 21.7. The Labute approximate surface area is 232 Å². The SMILES string of the molecule is O=C(c1c(F)cccc1F)N(CCN1CCC2(CC1)C(=O)NCN2c1cccc(F)c1)C(=O)c1c(F)cccc1F. The molecule has 3 amide bonds. The zero-order valence-corrected chi connectivity index (χ0v) is 21.7. The van der Waals surface area contributed by atoms with Gasteiger partial charge in [-0.05, 0) is 55.3 Å². The lowest BCUT2D eigenvalue weighted by atomic mass is 9.85. The molecule has 0 aliphatic carbocycles. The number of rotatable bonds is 6. The van der Waals surface area contributed by atoms with Gasteiger partial charge >= 0.3 is 0 Å². The molecule has 3 aromatic rings. The van der Waals surface area contributed by atoms with E-state index in [-0.39, 0.29) is 19.1 Å². The number of nitrogens with zero attached hydrogens (tertiary/aromatic N) is 3. The average Bonchev–Trinajstić information content (AvgIpc) is 3.24. The molecule has 2 aliphatic rings. The minimum atomic E-state index is -1.38. The quantitative estimate of drug-likeness (QED) is 0.356. The van der Waals surface area contributed by atoms with Gasteiger partial charge in [-0.15, -0.1) is 0 Å². The molecule has 41 heavy (non-hydrogen) atoms. The molecule has 2 fully saturated rings. The molecule has 12 heteroatoms. The van der Waals surface area contributed by atoms with Crippen molar-refractivity contribution in [2.45, 2.75) is 18.4 Å². The second-order valence-electron chi connectivity index (χ2n) is 9.90. The summed E-state index contributed by atoms with van der Waals surface area (Å²) in [6, 6.07) is 11.3. The fraction of sp³-hybridized carbons (Fsp3) is 0.276. The molecule has 214 valence electrons. The first-order valence-corrected chi connectivity index (χ1v) is 12.9. The van der Waals surface area contributed by atoms with Crippen molar-refractivity contribution < 1.29 is 36.3 Å². The van der Waals surface area contributed by atoms with Crippen molar-refractivity contribution in [3.05, 3.63) is 101 Å². The lowest BCUT2D eigenvalue weighted by Crippen LogP contribution is -2.57. The third-order valence-corrected chi connectivity index (χ3v) is 7.62. The van der Waals surface area contributed by atoms with Gasteiger partial charge in [-0.2, -0.15) is 0 Å². The van der Waals surface area contributed by atoms with Gasteiger partial charge in [-0.3, -0.25) is 19.3 Å². The van der Waals surface area contributed by atoms with E-state index in [9.17, 15) is 36.3 Å². The number of carbonyl (C=O) groups excluding carboxylic acids is 3. The second kappa shape index (κ2) is 11.3. The first kappa shape index (κ1) is 28.2. The van der Waals surface area contributed by atoms with Gasteiger partial charge < -0.3 is 15.1 Å². The van der Waals surface area contributed by atoms with Gasteiger partial charge in [0.25, 0.3) is 11.8 Å². The molecule has 0 saturated carbocycles. The molecular formula is C29H25F5N4O3. The van der Waals surface area contributed by atoms with Crippen molar-refractivity contribution in [2.75, 3.05) is 37.7 Å². The summed E-state index contributed by atoms with van der Waals surface area (Å²) in [5.74, 6) is -8.33. The third kappa shape index (κ3) is 5.26. The van der Waals surface area contributed by atoms with Crippen LogP contribution < -0.4 is 10.2 Å². The van der Waals surface area contributed by atoms with Crippen LogP contribution in [-0.4, -0.2) is 65.9 Å². The summed E-state index contributed by atoms with van der Waals surface area (Å²) in [7, 11) is 0. The maximum Gasteiger partial charge on any atom is 0.266 e. The highest BCUT2D eigenvalue weighted by molar-refractivity contribution is 6.10. The molecule has 7 nitrogen and oxygen atoms in total. The summed E-state index contributed by atoms with van der Waals surface area (Å²) in [5, 5.41) is 2.81. The molecule has 2 heterocycles. The minimum Gasteiger partial charge on any atom is -0.339 e. The molecular weight excluding hydrogens is 547 g/mol. The summed E-state index contributed by atoms with van der Waals surface area (Å²) in [4.78, 5) is 43.4. The number of anilines is 1. The Morgan fingerprint density at radius 2 is 1.32 bits per heavy atom. The van der Waals surface area contributed by atoms with Crippen molar-refractivity contribution in [2.24, 2.45) is 0 Å². The van der Waals surface area contributed by atoms with Gasteiger partial charge in [0.2, 0.25) is 5.91 Å². The van der Waals surface area contributed by atoms with E-state index in [4.69, 9.17) is 0 Å². The average molecular weight is 573 g/mol. The van der Waals surface area contributed by atoms with Crippen LogP contribution in [-0.2, 0) is 4.79 Å². The predicted molar refractivity (Wildman–Crippen MR) is 138 cm³/mol. The molecule has 2 saturated heterocycles. The number of hydrogen-bond donors (Lipinski definition) is 1. The number of imide groups is 1. The van der Waals surface area contributed by atoms with Crippen LogP contribution in [0.1, 0.15) is 33.6 Å². The number of hydrogen-bond acceptors (Lipinski definition) is 5. The number of nitrogens with one attached hydrogen (secondary N) is 1. The second-order valence-corrected chi connectivity index (χ2v) is 9.90. The largest absolute Gasteiger partial charge is 0.339 e. The van der Waals surface area contributed by atoms with Crippen LogP contribution in [0.25, 0.3) is 0 Å². The zero-order chi connectivity index (χ0) is 29.3. The molecule has 1 N–H and O–H groups in total. The molecule has 0 aromatic heterocycles.